The number of hydrogen-bond donors (Lipinski definition) is 1. The van der Waals surface area contributed by atoms with E-state index in [9.17, 15) is 8.78 Å². The van der Waals surface area contributed by atoms with Gasteiger partial charge in [-0.15, -0.1) is 0 Å². The van der Waals surface area contributed by atoms with Gasteiger partial charge in [-0.2, -0.15) is 0 Å². The smallest absolute Gasteiger partial charge is 0.129 e. The van der Waals surface area contributed by atoms with Crippen LogP contribution >= 0.6 is 0 Å². The van der Waals surface area contributed by atoms with Gasteiger partial charge in [-0.3, -0.25) is 0 Å². The van der Waals surface area contributed by atoms with Crippen molar-refractivity contribution in [2.75, 3.05) is 6.61 Å². The van der Waals surface area contributed by atoms with Crippen LogP contribution in [0.2, 0.25) is 0 Å². The lowest BCUT2D eigenvalue weighted by Gasteiger charge is -2.38. The van der Waals surface area contributed by atoms with Crippen molar-refractivity contribution in [3.63, 3.8) is 0 Å². The van der Waals surface area contributed by atoms with E-state index in [1.807, 2.05) is 0 Å². The van der Waals surface area contributed by atoms with Gasteiger partial charge in [-0.1, -0.05) is 18.5 Å². The molecule has 1 aromatic carbocycles. The fourth-order valence-electron chi connectivity index (χ4n) is 2.79. The van der Waals surface area contributed by atoms with Gasteiger partial charge in [0.25, 0.3) is 0 Å². The van der Waals surface area contributed by atoms with Gasteiger partial charge in [0.05, 0.1) is 11.3 Å². The van der Waals surface area contributed by atoms with Crippen LogP contribution in [0.4, 0.5) is 8.78 Å². The van der Waals surface area contributed by atoms with Crippen LogP contribution in [-0.4, -0.2) is 17.5 Å². The average molecular weight is 297 g/mol. The van der Waals surface area contributed by atoms with Crippen molar-refractivity contribution in [3.8, 4) is 0 Å². The molecule has 5 heteroatoms. The average Bonchev–Trinajstić information content (AvgIpc) is 2.50. The number of nitrogens with zero attached hydrogens (tertiary/aromatic N) is 1. The van der Waals surface area contributed by atoms with Crippen molar-refractivity contribution >= 4 is 5.71 Å². The van der Waals surface area contributed by atoms with Crippen molar-refractivity contribution < 1.29 is 18.7 Å². The third kappa shape index (κ3) is 3.59. The normalized spacial score (nSPS) is 22.3. The Hall–Kier alpha value is -1.49. The first-order valence-corrected chi connectivity index (χ1v) is 7.40. The zero-order valence-electron chi connectivity index (χ0n) is 12.2. The van der Waals surface area contributed by atoms with Crippen LogP contribution in [-0.2, 0) is 10.3 Å². The minimum Gasteiger partial charge on any atom is -0.411 e. The second-order valence-electron chi connectivity index (χ2n) is 5.49. The predicted molar refractivity (Wildman–Crippen MR) is 76.6 cm³/mol. The fraction of sp³-hybridized carbons (Fsp3) is 0.562. The van der Waals surface area contributed by atoms with E-state index in [4.69, 9.17) is 9.94 Å². The summed E-state index contributed by atoms with van der Waals surface area (Å²) >= 11 is 0. The van der Waals surface area contributed by atoms with Gasteiger partial charge in [-0.25, -0.2) is 8.78 Å². The second kappa shape index (κ2) is 6.98. The lowest BCUT2D eigenvalue weighted by atomic mass is 9.78. The minimum atomic E-state index is -0.824. The van der Waals surface area contributed by atoms with Gasteiger partial charge < -0.3 is 9.94 Å². The monoisotopic (exact) mass is 297 g/mol. The van der Waals surface area contributed by atoms with Crippen LogP contribution in [0.3, 0.4) is 0 Å². The molecule has 0 spiro atoms. The molecule has 1 aliphatic rings. The summed E-state index contributed by atoms with van der Waals surface area (Å²) in [6, 6.07) is 3.48. The predicted octanol–water partition coefficient (Wildman–Crippen LogP) is 4.38. The number of oxime groups is 1. The number of halogens is 2. The first-order chi connectivity index (χ1) is 10.1. The topological polar surface area (TPSA) is 41.8 Å². The summed E-state index contributed by atoms with van der Waals surface area (Å²) < 4.78 is 33.7. The third-order valence-corrected chi connectivity index (χ3v) is 4.07. The Morgan fingerprint density at radius 2 is 2.00 bits per heavy atom. The Morgan fingerprint density at radius 3 is 2.62 bits per heavy atom. The van der Waals surface area contributed by atoms with Crippen LogP contribution in [0, 0.1) is 11.6 Å². The van der Waals surface area contributed by atoms with E-state index in [0.29, 0.717) is 38.0 Å². The van der Waals surface area contributed by atoms with E-state index in [1.165, 1.54) is 6.07 Å². The van der Waals surface area contributed by atoms with Crippen LogP contribution in [0.15, 0.2) is 23.4 Å². The van der Waals surface area contributed by atoms with E-state index < -0.39 is 17.2 Å². The third-order valence-electron chi connectivity index (χ3n) is 4.07. The summed E-state index contributed by atoms with van der Waals surface area (Å²) in [5.74, 6) is -0.913. The molecule has 1 saturated carbocycles. The van der Waals surface area contributed by atoms with E-state index in [-0.39, 0.29) is 5.56 Å². The molecule has 1 aliphatic carbocycles. The molecule has 0 heterocycles. The SMILES string of the molecule is CCCCOC1(c2cc(F)ccc2F)CCC(=NO)CC1. The molecule has 1 N–H and O–H groups in total. The van der Waals surface area contributed by atoms with Crippen molar-refractivity contribution in [1.82, 2.24) is 0 Å². The highest BCUT2D eigenvalue weighted by Gasteiger charge is 2.39. The van der Waals surface area contributed by atoms with Gasteiger partial charge in [0.2, 0.25) is 0 Å². The Kier molecular flexibility index (Phi) is 5.28. The fourth-order valence-corrected chi connectivity index (χ4v) is 2.79. The van der Waals surface area contributed by atoms with Gasteiger partial charge >= 0.3 is 0 Å². The summed E-state index contributed by atoms with van der Waals surface area (Å²) in [7, 11) is 0. The number of benzene rings is 1. The van der Waals surface area contributed by atoms with Gasteiger partial charge in [0.1, 0.15) is 11.6 Å². The maximum Gasteiger partial charge on any atom is 0.129 e. The number of rotatable bonds is 5. The molecule has 0 saturated heterocycles. The molecule has 21 heavy (non-hydrogen) atoms. The van der Waals surface area contributed by atoms with Crippen molar-refractivity contribution in [2.45, 2.75) is 51.0 Å². The van der Waals surface area contributed by atoms with Crippen molar-refractivity contribution in [2.24, 2.45) is 5.16 Å². The van der Waals surface area contributed by atoms with Crippen molar-refractivity contribution in [1.29, 1.82) is 0 Å². The number of ether oxygens (including phenoxy) is 1. The van der Waals surface area contributed by atoms with Crippen LogP contribution < -0.4 is 0 Å². The standard InChI is InChI=1S/C16H21F2NO2/c1-2-3-10-21-16(8-6-13(19-20)7-9-16)14-11-12(17)4-5-15(14)18/h4-5,11,20H,2-3,6-10H2,1H3. The Bertz CT molecular complexity index is 507. The van der Waals surface area contributed by atoms with E-state index in [2.05, 4.69) is 12.1 Å². The maximum atomic E-state index is 14.2. The van der Waals surface area contributed by atoms with Crippen LogP contribution in [0.1, 0.15) is 51.0 Å². The van der Waals surface area contributed by atoms with Crippen LogP contribution in [0.25, 0.3) is 0 Å². The largest absolute Gasteiger partial charge is 0.411 e. The summed E-state index contributed by atoms with van der Waals surface area (Å²) in [5.41, 5.74) is 0.132. The Morgan fingerprint density at radius 1 is 1.29 bits per heavy atom. The molecule has 0 bridgehead atoms. The first kappa shape index (κ1) is 15.9. The maximum absolute atomic E-state index is 14.2. The van der Waals surface area contributed by atoms with Gasteiger partial charge in [-0.05, 0) is 50.3 Å². The molecule has 1 fully saturated rings. The van der Waals surface area contributed by atoms with E-state index in [0.717, 1.165) is 25.0 Å². The summed E-state index contributed by atoms with van der Waals surface area (Å²) in [6.07, 6.45) is 3.90. The van der Waals surface area contributed by atoms with E-state index >= 15 is 0 Å². The lowest BCUT2D eigenvalue weighted by molar-refractivity contribution is -0.0687. The molecule has 0 aromatic heterocycles. The highest BCUT2D eigenvalue weighted by Crippen LogP contribution is 2.41. The zero-order chi connectivity index (χ0) is 15.3. The summed E-state index contributed by atoms with van der Waals surface area (Å²) in [6.45, 7) is 2.56. The van der Waals surface area contributed by atoms with Gasteiger partial charge in [0.15, 0.2) is 0 Å². The van der Waals surface area contributed by atoms with Crippen molar-refractivity contribution in [3.05, 3.63) is 35.4 Å². The zero-order valence-corrected chi connectivity index (χ0v) is 12.2. The molecule has 116 valence electrons. The molecule has 0 unspecified atom stereocenters. The lowest BCUT2D eigenvalue weighted by Crippen LogP contribution is -2.36. The minimum absolute atomic E-state index is 0.274. The highest BCUT2D eigenvalue weighted by molar-refractivity contribution is 5.84. The molecular formula is C16H21F2NO2. The number of hydrogen-bond acceptors (Lipinski definition) is 3. The summed E-state index contributed by atoms with van der Waals surface area (Å²) in [5, 5.41) is 12.1. The molecule has 2 rings (SSSR count). The molecule has 3 nitrogen and oxygen atoms in total. The molecule has 0 atom stereocenters. The highest BCUT2D eigenvalue weighted by atomic mass is 19.1. The summed E-state index contributed by atoms with van der Waals surface area (Å²) in [4.78, 5) is 0. The molecule has 0 aliphatic heterocycles. The van der Waals surface area contributed by atoms with Gasteiger partial charge in [0, 0.05) is 12.2 Å². The molecule has 0 amide bonds. The Labute approximate surface area is 123 Å². The molecular weight excluding hydrogens is 276 g/mol. The first-order valence-electron chi connectivity index (χ1n) is 7.40. The molecule has 0 radical (unpaired) electrons. The quantitative estimate of drug-likeness (QED) is 0.498. The second-order valence-corrected chi connectivity index (χ2v) is 5.49. The number of unbranched alkanes of at least 4 members (excludes halogenated alkanes) is 1. The Balaban J connectivity index is 2.29. The molecule has 1 aromatic rings. The van der Waals surface area contributed by atoms with Crippen LogP contribution in [0.5, 0.6) is 0 Å². The van der Waals surface area contributed by atoms with E-state index in [1.54, 1.807) is 0 Å².